The minimum absolute atomic E-state index is 0.0363. The van der Waals surface area contributed by atoms with Crippen LogP contribution in [0.5, 0.6) is 0 Å². The Morgan fingerprint density at radius 2 is 2.06 bits per heavy atom. The number of amides is 1. The van der Waals surface area contributed by atoms with Crippen molar-refractivity contribution < 1.29 is 14.3 Å². The van der Waals surface area contributed by atoms with Gasteiger partial charge in [0.15, 0.2) is 6.61 Å². The molecular formula is C14H17NO3. The van der Waals surface area contributed by atoms with E-state index in [-0.39, 0.29) is 24.4 Å². The molecule has 0 atom stereocenters. The lowest BCUT2D eigenvalue weighted by molar-refractivity contribution is -0.149. The summed E-state index contributed by atoms with van der Waals surface area (Å²) < 4.78 is 4.90. The van der Waals surface area contributed by atoms with Crippen molar-refractivity contribution >= 4 is 11.9 Å². The minimum atomic E-state index is -0.257. The molecule has 1 fully saturated rings. The van der Waals surface area contributed by atoms with Crippen LogP contribution in [0, 0.1) is 12.8 Å². The smallest absolute Gasteiger partial charge is 0.309 e. The van der Waals surface area contributed by atoms with E-state index in [1.807, 2.05) is 31.2 Å². The maximum absolute atomic E-state index is 11.5. The van der Waals surface area contributed by atoms with Gasteiger partial charge in [0.1, 0.15) is 0 Å². The molecule has 1 aromatic carbocycles. The Labute approximate surface area is 106 Å². The molecule has 0 aliphatic heterocycles. The fourth-order valence-corrected chi connectivity index (χ4v) is 1.63. The van der Waals surface area contributed by atoms with Gasteiger partial charge in [-0.2, -0.15) is 0 Å². The summed E-state index contributed by atoms with van der Waals surface area (Å²) in [6.07, 6.45) is 1.79. The van der Waals surface area contributed by atoms with Crippen LogP contribution in [0.3, 0.4) is 0 Å². The summed E-state index contributed by atoms with van der Waals surface area (Å²) in [7, 11) is 0. The van der Waals surface area contributed by atoms with Gasteiger partial charge in [0, 0.05) is 6.54 Å². The van der Waals surface area contributed by atoms with Crippen LogP contribution in [0.4, 0.5) is 0 Å². The van der Waals surface area contributed by atoms with E-state index in [2.05, 4.69) is 5.32 Å². The number of carbonyl (C=O) groups is 2. The maximum Gasteiger partial charge on any atom is 0.309 e. The third-order valence-corrected chi connectivity index (χ3v) is 2.99. The lowest BCUT2D eigenvalue weighted by atomic mass is 10.1. The van der Waals surface area contributed by atoms with Gasteiger partial charge in [-0.15, -0.1) is 0 Å². The number of rotatable bonds is 5. The van der Waals surface area contributed by atoms with Crippen LogP contribution in [-0.4, -0.2) is 18.5 Å². The summed E-state index contributed by atoms with van der Waals surface area (Å²) in [5.41, 5.74) is 2.20. The standard InChI is InChI=1S/C14H17NO3/c1-10-4-2-3-5-12(10)8-15-13(16)9-18-14(17)11-6-7-11/h2-5,11H,6-9H2,1H3,(H,15,16). The second-order valence-corrected chi connectivity index (χ2v) is 4.59. The molecule has 1 aromatic rings. The first-order valence-corrected chi connectivity index (χ1v) is 6.14. The summed E-state index contributed by atoms with van der Waals surface area (Å²) in [6.45, 7) is 2.28. The van der Waals surface area contributed by atoms with Crippen molar-refractivity contribution in [3.05, 3.63) is 35.4 Å². The van der Waals surface area contributed by atoms with E-state index in [4.69, 9.17) is 4.74 Å². The average Bonchev–Trinajstić information content (AvgIpc) is 3.19. The van der Waals surface area contributed by atoms with Crippen LogP contribution in [0.25, 0.3) is 0 Å². The van der Waals surface area contributed by atoms with Crippen molar-refractivity contribution in [1.29, 1.82) is 0 Å². The van der Waals surface area contributed by atoms with Gasteiger partial charge in [0.2, 0.25) is 0 Å². The Kier molecular flexibility index (Phi) is 3.97. The van der Waals surface area contributed by atoms with Gasteiger partial charge in [0.05, 0.1) is 5.92 Å². The number of carbonyl (C=O) groups excluding carboxylic acids is 2. The molecule has 18 heavy (non-hydrogen) atoms. The minimum Gasteiger partial charge on any atom is -0.455 e. The Bertz CT molecular complexity index is 452. The molecule has 1 aliphatic carbocycles. The summed E-state index contributed by atoms with van der Waals surface area (Å²) in [4.78, 5) is 22.7. The lowest BCUT2D eigenvalue weighted by Gasteiger charge is -2.08. The van der Waals surface area contributed by atoms with Gasteiger partial charge >= 0.3 is 5.97 Å². The Balaban J connectivity index is 1.71. The van der Waals surface area contributed by atoms with E-state index in [1.54, 1.807) is 0 Å². The zero-order valence-electron chi connectivity index (χ0n) is 10.4. The predicted octanol–water partition coefficient (Wildman–Crippen LogP) is 1.56. The summed E-state index contributed by atoms with van der Waals surface area (Å²) in [6, 6.07) is 7.85. The van der Waals surface area contributed by atoms with E-state index >= 15 is 0 Å². The van der Waals surface area contributed by atoms with E-state index in [9.17, 15) is 9.59 Å². The van der Waals surface area contributed by atoms with Crippen LogP contribution in [0.15, 0.2) is 24.3 Å². The maximum atomic E-state index is 11.5. The molecule has 0 unspecified atom stereocenters. The molecule has 0 heterocycles. The molecule has 0 spiro atoms. The SMILES string of the molecule is Cc1ccccc1CNC(=O)COC(=O)C1CC1. The van der Waals surface area contributed by atoms with E-state index in [0.29, 0.717) is 6.54 Å². The fraction of sp³-hybridized carbons (Fsp3) is 0.429. The van der Waals surface area contributed by atoms with Crippen molar-refractivity contribution in [3.63, 3.8) is 0 Å². The zero-order valence-corrected chi connectivity index (χ0v) is 10.4. The zero-order chi connectivity index (χ0) is 13.0. The molecule has 2 rings (SSSR count). The van der Waals surface area contributed by atoms with Crippen LogP contribution in [-0.2, 0) is 20.9 Å². The van der Waals surface area contributed by atoms with Crippen LogP contribution < -0.4 is 5.32 Å². The number of hydrogen-bond acceptors (Lipinski definition) is 3. The number of hydrogen-bond donors (Lipinski definition) is 1. The number of benzene rings is 1. The summed E-state index contributed by atoms with van der Waals surface area (Å²) in [5.74, 6) is -0.470. The highest BCUT2D eigenvalue weighted by molar-refractivity contribution is 5.82. The summed E-state index contributed by atoms with van der Waals surface area (Å²) in [5, 5.41) is 2.74. The van der Waals surface area contributed by atoms with Gasteiger partial charge in [-0.25, -0.2) is 0 Å². The van der Waals surface area contributed by atoms with Crippen LogP contribution >= 0.6 is 0 Å². The van der Waals surface area contributed by atoms with Crippen molar-refractivity contribution in [3.8, 4) is 0 Å². The number of esters is 1. The van der Waals surface area contributed by atoms with Gasteiger partial charge in [-0.3, -0.25) is 9.59 Å². The first kappa shape index (κ1) is 12.6. The highest BCUT2D eigenvalue weighted by Crippen LogP contribution is 2.29. The average molecular weight is 247 g/mol. The Morgan fingerprint density at radius 1 is 1.33 bits per heavy atom. The number of ether oxygens (including phenoxy) is 1. The predicted molar refractivity (Wildman–Crippen MR) is 66.7 cm³/mol. The molecule has 1 aliphatic rings. The lowest BCUT2D eigenvalue weighted by Crippen LogP contribution is -2.28. The monoisotopic (exact) mass is 247 g/mol. The molecular weight excluding hydrogens is 230 g/mol. The highest BCUT2D eigenvalue weighted by Gasteiger charge is 2.31. The third-order valence-electron chi connectivity index (χ3n) is 2.99. The molecule has 1 N–H and O–H groups in total. The van der Waals surface area contributed by atoms with E-state index in [0.717, 1.165) is 24.0 Å². The molecule has 0 bridgehead atoms. The second-order valence-electron chi connectivity index (χ2n) is 4.59. The van der Waals surface area contributed by atoms with E-state index in [1.165, 1.54) is 0 Å². The van der Waals surface area contributed by atoms with E-state index < -0.39 is 0 Å². The fourth-order valence-electron chi connectivity index (χ4n) is 1.63. The molecule has 1 saturated carbocycles. The Hall–Kier alpha value is -1.84. The number of aryl methyl sites for hydroxylation is 1. The van der Waals surface area contributed by atoms with Gasteiger partial charge in [0.25, 0.3) is 5.91 Å². The molecule has 1 amide bonds. The summed E-state index contributed by atoms with van der Waals surface area (Å²) >= 11 is 0. The quantitative estimate of drug-likeness (QED) is 0.803. The highest BCUT2D eigenvalue weighted by atomic mass is 16.5. The van der Waals surface area contributed by atoms with Crippen molar-refractivity contribution in [1.82, 2.24) is 5.32 Å². The van der Waals surface area contributed by atoms with Crippen LogP contribution in [0.1, 0.15) is 24.0 Å². The normalized spacial score (nSPS) is 14.1. The first-order chi connectivity index (χ1) is 8.66. The molecule has 4 heteroatoms. The molecule has 0 saturated heterocycles. The van der Waals surface area contributed by atoms with Crippen molar-refractivity contribution in [2.24, 2.45) is 5.92 Å². The molecule has 96 valence electrons. The first-order valence-electron chi connectivity index (χ1n) is 6.14. The van der Waals surface area contributed by atoms with Crippen molar-refractivity contribution in [2.75, 3.05) is 6.61 Å². The van der Waals surface area contributed by atoms with Gasteiger partial charge in [-0.1, -0.05) is 24.3 Å². The molecule has 0 radical (unpaired) electrons. The van der Waals surface area contributed by atoms with Gasteiger partial charge in [-0.05, 0) is 30.9 Å². The largest absolute Gasteiger partial charge is 0.455 e. The second kappa shape index (κ2) is 5.67. The van der Waals surface area contributed by atoms with Gasteiger partial charge < -0.3 is 10.1 Å². The topological polar surface area (TPSA) is 55.4 Å². The third kappa shape index (κ3) is 3.58. The Morgan fingerprint density at radius 3 is 2.72 bits per heavy atom. The van der Waals surface area contributed by atoms with Crippen LogP contribution in [0.2, 0.25) is 0 Å². The molecule has 0 aromatic heterocycles. The molecule has 4 nitrogen and oxygen atoms in total. The van der Waals surface area contributed by atoms with Crippen molar-refractivity contribution in [2.45, 2.75) is 26.3 Å². The number of nitrogens with one attached hydrogen (secondary N) is 1.